The Morgan fingerprint density at radius 3 is 2.71 bits per heavy atom. The minimum atomic E-state index is 0.0736. The van der Waals surface area contributed by atoms with Crippen molar-refractivity contribution in [3.8, 4) is 0 Å². The first-order valence-electron chi connectivity index (χ1n) is 5.46. The molecule has 0 aromatic carbocycles. The van der Waals surface area contributed by atoms with Crippen molar-refractivity contribution in [2.45, 2.75) is 38.1 Å². The SMILES string of the molecule is NCCCCNC(=O)CC(N)C1CC1. The minimum Gasteiger partial charge on any atom is -0.356 e. The highest BCUT2D eigenvalue weighted by Crippen LogP contribution is 2.32. The van der Waals surface area contributed by atoms with E-state index in [-0.39, 0.29) is 11.9 Å². The molecular formula is C10H21N3O. The van der Waals surface area contributed by atoms with E-state index >= 15 is 0 Å². The Kier molecular flexibility index (Phi) is 4.90. The highest BCUT2D eigenvalue weighted by atomic mass is 16.1. The van der Waals surface area contributed by atoms with Crippen molar-refractivity contribution >= 4 is 5.91 Å². The largest absolute Gasteiger partial charge is 0.356 e. The summed E-state index contributed by atoms with van der Waals surface area (Å²) in [6.45, 7) is 1.42. The molecular weight excluding hydrogens is 178 g/mol. The molecule has 4 heteroatoms. The van der Waals surface area contributed by atoms with Crippen LogP contribution in [0.5, 0.6) is 0 Å². The van der Waals surface area contributed by atoms with Crippen molar-refractivity contribution in [3.63, 3.8) is 0 Å². The summed E-state index contributed by atoms with van der Waals surface area (Å²) in [6.07, 6.45) is 4.80. The van der Waals surface area contributed by atoms with Crippen LogP contribution in [-0.2, 0) is 4.79 Å². The second-order valence-corrected chi connectivity index (χ2v) is 4.05. The van der Waals surface area contributed by atoms with Crippen LogP contribution < -0.4 is 16.8 Å². The highest BCUT2D eigenvalue weighted by Gasteiger charge is 2.29. The Labute approximate surface area is 85.4 Å². The lowest BCUT2D eigenvalue weighted by Crippen LogP contribution is -2.33. The third-order valence-corrected chi connectivity index (χ3v) is 2.60. The van der Waals surface area contributed by atoms with Gasteiger partial charge in [0.25, 0.3) is 0 Å². The lowest BCUT2D eigenvalue weighted by atomic mass is 10.1. The number of nitrogens with one attached hydrogen (secondary N) is 1. The van der Waals surface area contributed by atoms with Crippen LogP contribution in [0.1, 0.15) is 32.1 Å². The molecule has 0 aromatic rings. The lowest BCUT2D eigenvalue weighted by molar-refractivity contribution is -0.121. The quantitative estimate of drug-likeness (QED) is 0.504. The Bertz CT molecular complexity index is 180. The number of hydrogen-bond donors (Lipinski definition) is 3. The molecule has 1 rings (SSSR count). The number of nitrogens with two attached hydrogens (primary N) is 2. The van der Waals surface area contributed by atoms with E-state index in [1.165, 1.54) is 12.8 Å². The fourth-order valence-corrected chi connectivity index (χ4v) is 1.47. The first kappa shape index (κ1) is 11.5. The molecule has 0 radical (unpaired) electrons. The van der Waals surface area contributed by atoms with E-state index in [1.807, 2.05) is 0 Å². The Hall–Kier alpha value is -0.610. The maximum absolute atomic E-state index is 11.3. The van der Waals surface area contributed by atoms with Crippen LogP contribution in [0.4, 0.5) is 0 Å². The normalized spacial score (nSPS) is 17.9. The number of unbranched alkanes of at least 4 members (excludes halogenated alkanes) is 1. The summed E-state index contributed by atoms with van der Waals surface area (Å²) in [5.74, 6) is 0.686. The van der Waals surface area contributed by atoms with E-state index < -0.39 is 0 Å². The topological polar surface area (TPSA) is 81.1 Å². The summed E-state index contributed by atoms with van der Waals surface area (Å²) in [7, 11) is 0. The van der Waals surface area contributed by atoms with Gasteiger partial charge in [-0.15, -0.1) is 0 Å². The molecule has 1 atom stereocenters. The molecule has 1 aliphatic rings. The molecule has 1 unspecified atom stereocenters. The monoisotopic (exact) mass is 199 g/mol. The van der Waals surface area contributed by atoms with E-state index in [2.05, 4.69) is 5.32 Å². The van der Waals surface area contributed by atoms with Gasteiger partial charge in [-0.25, -0.2) is 0 Å². The molecule has 82 valence electrons. The number of rotatable bonds is 7. The van der Waals surface area contributed by atoms with Gasteiger partial charge in [0, 0.05) is 19.0 Å². The van der Waals surface area contributed by atoms with Gasteiger partial charge in [-0.1, -0.05) is 0 Å². The summed E-state index contributed by atoms with van der Waals surface area (Å²) < 4.78 is 0. The highest BCUT2D eigenvalue weighted by molar-refractivity contribution is 5.76. The summed E-state index contributed by atoms with van der Waals surface area (Å²) in [4.78, 5) is 11.3. The van der Waals surface area contributed by atoms with Gasteiger partial charge >= 0.3 is 0 Å². The second-order valence-electron chi connectivity index (χ2n) is 4.05. The molecule has 1 saturated carbocycles. The first-order valence-corrected chi connectivity index (χ1v) is 5.46. The maximum atomic E-state index is 11.3. The molecule has 5 N–H and O–H groups in total. The van der Waals surface area contributed by atoms with Crippen LogP contribution >= 0.6 is 0 Å². The average Bonchev–Trinajstić information content (AvgIpc) is 2.95. The smallest absolute Gasteiger partial charge is 0.221 e. The predicted octanol–water partition coefficient (Wildman–Crippen LogP) is -0.0311. The third-order valence-electron chi connectivity index (χ3n) is 2.60. The van der Waals surface area contributed by atoms with Gasteiger partial charge in [-0.05, 0) is 38.1 Å². The van der Waals surface area contributed by atoms with E-state index in [4.69, 9.17) is 11.5 Å². The molecule has 1 amide bonds. The van der Waals surface area contributed by atoms with Gasteiger partial charge in [0.05, 0.1) is 0 Å². The van der Waals surface area contributed by atoms with Crippen LogP contribution in [0.15, 0.2) is 0 Å². The Balaban J connectivity index is 1.97. The van der Waals surface area contributed by atoms with Crippen molar-refractivity contribution in [2.75, 3.05) is 13.1 Å². The molecule has 1 aliphatic carbocycles. The predicted molar refractivity (Wildman–Crippen MR) is 56.6 cm³/mol. The van der Waals surface area contributed by atoms with Crippen LogP contribution in [0, 0.1) is 5.92 Å². The summed E-state index contributed by atoms with van der Waals surface area (Å²) in [6, 6.07) is 0.0736. The van der Waals surface area contributed by atoms with E-state index in [9.17, 15) is 4.79 Å². The molecule has 0 aliphatic heterocycles. The molecule has 0 bridgehead atoms. The van der Waals surface area contributed by atoms with Crippen LogP contribution in [0.2, 0.25) is 0 Å². The van der Waals surface area contributed by atoms with Gasteiger partial charge in [-0.3, -0.25) is 4.79 Å². The number of carbonyl (C=O) groups is 1. The zero-order valence-corrected chi connectivity index (χ0v) is 8.67. The van der Waals surface area contributed by atoms with Gasteiger partial charge in [0.1, 0.15) is 0 Å². The van der Waals surface area contributed by atoms with Crippen LogP contribution in [0.3, 0.4) is 0 Å². The third kappa shape index (κ3) is 4.58. The fraction of sp³-hybridized carbons (Fsp3) is 0.900. The summed E-state index contributed by atoms with van der Waals surface area (Å²) >= 11 is 0. The zero-order valence-electron chi connectivity index (χ0n) is 8.67. The lowest BCUT2D eigenvalue weighted by Gasteiger charge is -2.10. The summed E-state index contributed by atoms with van der Waals surface area (Å²) in [5.41, 5.74) is 11.2. The fourth-order valence-electron chi connectivity index (χ4n) is 1.47. The Morgan fingerprint density at radius 1 is 1.43 bits per heavy atom. The standard InChI is InChI=1S/C10H21N3O/c11-5-1-2-6-13-10(14)7-9(12)8-3-4-8/h8-9H,1-7,11-12H2,(H,13,14). The van der Waals surface area contributed by atoms with Gasteiger partial charge in [0.2, 0.25) is 5.91 Å². The molecule has 0 spiro atoms. The van der Waals surface area contributed by atoms with Gasteiger partial charge in [0.15, 0.2) is 0 Å². The van der Waals surface area contributed by atoms with Crippen molar-refractivity contribution < 1.29 is 4.79 Å². The molecule has 14 heavy (non-hydrogen) atoms. The van der Waals surface area contributed by atoms with Crippen LogP contribution in [0.25, 0.3) is 0 Å². The minimum absolute atomic E-state index is 0.0736. The molecule has 1 fully saturated rings. The summed E-state index contributed by atoms with van der Waals surface area (Å²) in [5, 5.41) is 2.86. The van der Waals surface area contributed by atoms with Gasteiger partial charge < -0.3 is 16.8 Å². The van der Waals surface area contributed by atoms with E-state index in [0.29, 0.717) is 18.9 Å². The zero-order chi connectivity index (χ0) is 10.4. The number of hydrogen-bond acceptors (Lipinski definition) is 3. The van der Waals surface area contributed by atoms with Crippen molar-refractivity contribution in [3.05, 3.63) is 0 Å². The van der Waals surface area contributed by atoms with Crippen molar-refractivity contribution in [2.24, 2.45) is 17.4 Å². The Morgan fingerprint density at radius 2 is 2.14 bits per heavy atom. The first-order chi connectivity index (χ1) is 6.74. The van der Waals surface area contributed by atoms with E-state index in [0.717, 1.165) is 19.4 Å². The van der Waals surface area contributed by atoms with Gasteiger partial charge in [-0.2, -0.15) is 0 Å². The van der Waals surface area contributed by atoms with Crippen molar-refractivity contribution in [1.82, 2.24) is 5.32 Å². The average molecular weight is 199 g/mol. The number of amides is 1. The molecule has 4 nitrogen and oxygen atoms in total. The maximum Gasteiger partial charge on any atom is 0.221 e. The second kappa shape index (κ2) is 5.98. The van der Waals surface area contributed by atoms with Crippen molar-refractivity contribution in [1.29, 1.82) is 0 Å². The number of carbonyl (C=O) groups excluding carboxylic acids is 1. The van der Waals surface area contributed by atoms with E-state index in [1.54, 1.807) is 0 Å². The molecule has 0 heterocycles. The molecule has 0 saturated heterocycles. The van der Waals surface area contributed by atoms with Crippen LogP contribution in [-0.4, -0.2) is 25.0 Å². The molecule has 0 aromatic heterocycles.